The standard InChI is InChI=1S/C15H19ClN2O/c1-4-18(14(19)15(2,3)11-16)10-13-8-6-5-7-12(13)9-17/h5-8H,4,10-11H2,1-3H3. The molecule has 1 aromatic rings. The first-order valence-corrected chi connectivity index (χ1v) is 6.83. The van der Waals surface area contributed by atoms with Gasteiger partial charge in [-0.3, -0.25) is 4.79 Å². The van der Waals surface area contributed by atoms with E-state index in [4.69, 9.17) is 16.9 Å². The molecule has 1 rings (SSSR count). The van der Waals surface area contributed by atoms with E-state index < -0.39 is 5.41 Å². The normalized spacial score (nSPS) is 10.9. The van der Waals surface area contributed by atoms with Gasteiger partial charge in [0.2, 0.25) is 5.91 Å². The highest BCUT2D eigenvalue weighted by Gasteiger charge is 2.30. The van der Waals surface area contributed by atoms with Gasteiger partial charge in [0.05, 0.1) is 17.0 Å². The van der Waals surface area contributed by atoms with Crippen molar-refractivity contribution in [3.63, 3.8) is 0 Å². The van der Waals surface area contributed by atoms with Gasteiger partial charge >= 0.3 is 0 Å². The minimum Gasteiger partial charge on any atom is -0.338 e. The van der Waals surface area contributed by atoms with Crippen molar-refractivity contribution in [1.29, 1.82) is 5.26 Å². The molecule has 4 heteroatoms. The molecule has 0 radical (unpaired) electrons. The quantitative estimate of drug-likeness (QED) is 0.777. The Balaban J connectivity index is 2.95. The highest BCUT2D eigenvalue weighted by molar-refractivity contribution is 6.19. The molecular formula is C15H19ClN2O. The van der Waals surface area contributed by atoms with Gasteiger partial charge in [-0.1, -0.05) is 18.2 Å². The van der Waals surface area contributed by atoms with Crippen molar-refractivity contribution in [2.45, 2.75) is 27.3 Å². The lowest BCUT2D eigenvalue weighted by atomic mass is 9.94. The van der Waals surface area contributed by atoms with Gasteiger partial charge in [0.1, 0.15) is 0 Å². The number of amides is 1. The maximum atomic E-state index is 12.4. The number of alkyl halides is 1. The fraction of sp³-hybridized carbons (Fsp3) is 0.467. The third-order valence-electron chi connectivity index (χ3n) is 3.08. The number of nitrogens with zero attached hydrogens (tertiary/aromatic N) is 2. The number of carbonyl (C=O) groups excluding carboxylic acids is 1. The number of benzene rings is 1. The first kappa shape index (κ1) is 15.5. The van der Waals surface area contributed by atoms with Gasteiger partial charge < -0.3 is 4.90 Å². The van der Waals surface area contributed by atoms with E-state index in [1.807, 2.05) is 39.0 Å². The van der Waals surface area contributed by atoms with Crippen LogP contribution in [-0.2, 0) is 11.3 Å². The van der Waals surface area contributed by atoms with Gasteiger partial charge in [-0.15, -0.1) is 11.6 Å². The molecule has 0 aliphatic heterocycles. The number of nitriles is 1. The first-order valence-electron chi connectivity index (χ1n) is 6.29. The van der Waals surface area contributed by atoms with Crippen molar-refractivity contribution < 1.29 is 4.79 Å². The van der Waals surface area contributed by atoms with Crippen LogP contribution in [0.5, 0.6) is 0 Å². The van der Waals surface area contributed by atoms with E-state index in [0.29, 0.717) is 18.7 Å². The molecule has 0 atom stereocenters. The Morgan fingerprint density at radius 2 is 2.05 bits per heavy atom. The van der Waals surface area contributed by atoms with E-state index in [2.05, 4.69) is 6.07 Å². The van der Waals surface area contributed by atoms with Crippen LogP contribution in [0.4, 0.5) is 0 Å². The van der Waals surface area contributed by atoms with Crippen molar-refractivity contribution in [3.05, 3.63) is 35.4 Å². The summed E-state index contributed by atoms with van der Waals surface area (Å²) in [6, 6.07) is 9.49. The maximum absolute atomic E-state index is 12.4. The van der Waals surface area contributed by atoms with E-state index in [-0.39, 0.29) is 11.8 Å². The molecule has 0 saturated carbocycles. The fourth-order valence-electron chi connectivity index (χ4n) is 1.79. The van der Waals surface area contributed by atoms with Crippen LogP contribution in [0, 0.1) is 16.7 Å². The Morgan fingerprint density at radius 3 is 2.58 bits per heavy atom. The van der Waals surface area contributed by atoms with Crippen molar-refractivity contribution in [3.8, 4) is 6.07 Å². The van der Waals surface area contributed by atoms with E-state index in [9.17, 15) is 4.79 Å². The molecular weight excluding hydrogens is 260 g/mol. The van der Waals surface area contributed by atoms with Gasteiger partial charge in [-0.2, -0.15) is 5.26 Å². The zero-order valence-electron chi connectivity index (χ0n) is 11.6. The number of rotatable bonds is 5. The predicted octanol–water partition coefficient (Wildman–Crippen LogP) is 3.17. The summed E-state index contributed by atoms with van der Waals surface area (Å²) in [5.74, 6) is 0.292. The summed E-state index contributed by atoms with van der Waals surface area (Å²) < 4.78 is 0. The van der Waals surface area contributed by atoms with Gasteiger partial charge in [0, 0.05) is 19.0 Å². The minimum atomic E-state index is -0.584. The largest absolute Gasteiger partial charge is 0.338 e. The summed E-state index contributed by atoms with van der Waals surface area (Å²) in [6.45, 7) is 6.64. The van der Waals surface area contributed by atoms with Crippen LogP contribution in [0.2, 0.25) is 0 Å². The molecule has 0 N–H and O–H groups in total. The van der Waals surface area contributed by atoms with Gasteiger partial charge in [0.25, 0.3) is 0 Å². The molecule has 0 unspecified atom stereocenters. The number of hydrogen-bond acceptors (Lipinski definition) is 2. The Kier molecular flexibility index (Phi) is 5.38. The summed E-state index contributed by atoms with van der Waals surface area (Å²) >= 11 is 5.85. The van der Waals surface area contributed by atoms with Gasteiger partial charge in [-0.25, -0.2) is 0 Å². The lowest BCUT2D eigenvalue weighted by Gasteiger charge is -2.30. The molecule has 0 aliphatic carbocycles. The zero-order chi connectivity index (χ0) is 14.5. The van der Waals surface area contributed by atoms with E-state index in [1.165, 1.54) is 0 Å². The van der Waals surface area contributed by atoms with Crippen LogP contribution in [0.15, 0.2) is 24.3 Å². The zero-order valence-corrected chi connectivity index (χ0v) is 12.4. The second-order valence-electron chi connectivity index (χ2n) is 5.11. The molecule has 0 heterocycles. The Bertz CT molecular complexity index is 491. The van der Waals surface area contributed by atoms with Crippen molar-refractivity contribution in [2.24, 2.45) is 5.41 Å². The molecule has 0 fully saturated rings. The molecule has 0 aliphatic rings. The van der Waals surface area contributed by atoms with Crippen LogP contribution < -0.4 is 0 Å². The minimum absolute atomic E-state index is 0.0118. The molecule has 19 heavy (non-hydrogen) atoms. The summed E-state index contributed by atoms with van der Waals surface area (Å²) in [7, 11) is 0. The molecule has 0 aromatic heterocycles. The van der Waals surface area contributed by atoms with Crippen molar-refractivity contribution in [1.82, 2.24) is 4.90 Å². The lowest BCUT2D eigenvalue weighted by Crippen LogP contribution is -2.41. The third-order valence-corrected chi connectivity index (χ3v) is 3.75. The topological polar surface area (TPSA) is 44.1 Å². The number of carbonyl (C=O) groups is 1. The van der Waals surface area contributed by atoms with Crippen LogP contribution in [0.3, 0.4) is 0 Å². The van der Waals surface area contributed by atoms with Gasteiger partial charge in [0.15, 0.2) is 0 Å². The molecule has 1 amide bonds. The Hall–Kier alpha value is -1.53. The summed E-state index contributed by atoms with van der Waals surface area (Å²) in [4.78, 5) is 14.1. The predicted molar refractivity (Wildman–Crippen MR) is 76.7 cm³/mol. The van der Waals surface area contributed by atoms with Crippen LogP contribution >= 0.6 is 11.6 Å². The molecule has 0 bridgehead atoms. The van der Waals surface area contributed by atoms with E-state index in [1.54, 1.807) is 11.0 Å². The summed E-state index contributed by atoms with van der Waals surface area (Å²) in [6.07, 6.45) is 0. The van der Waals surface area contributed by atoms with Gasteiger partial charge in [-0.05, 0) is 32.4 Å². The first-order chi connectivity index (χ1) is 8.96. The summed E-state index contributed by atoms with van der Waals surface area (Å²) in [5.41, 5.74) is 0.891. The second kappa shape index (κ2) is 6.58. The summed E-state index contributed by atoms with van der Waals surface area (Å²) in [5, 5.41) is 9.07. The van der Waals surface area contributed by atoms with Crippen molar-refractivity contribution in [2.75, 3.05) is 12.4 Å². The third kappa shape index (κ3) is 3.71. The van der Waals surface area contributed by atoms with Crippen LogP contribution in [0.25, 0.3) is 0 Å². The fourth-order valence-corrected chi connectivity index (χ4v) is 1.90. The molecule has 102 valence electrons. The molecule has 3 nitrogen and oxygen atoms in total. The average molecular weight is 279 g/mol. The number of hydrogen-bond donors (Lipinski definition) is 0. The second-order valence-corrected chi connectivity index (χ2v) is 5.37. The monoisotopic (exact) mass is 278 g/mol. The number of halogens is 1. The molecule has 0 saturated heterocycles. The smallest absolute Gasteiger partial charge is 0.229 e. The molecule has 1 aromatic carbocycles. The highest BCUT2D eigenvalue weighted by atomic mass is 35.5. The Morgan fingerprint density at radius 1 is 1.42 bits per heavy atom. The van der Waals surface area contributed by atoms with E-state index >= 15 is 0 Å². The maximum Gasteiger partial charge on any atom is 0.229 e. The van der Waals surface area contributed by atoms with Crippen LogP contribution in [-0.4, -0.2) is 23.2 Å². The van der Waals surface area contributed by atoms with E-state index in [0.717, 1.165) is 5.56 Å². The molecule has 0 spiro atoms. The average Bonchev–Trinajstić information content (AvgIpc) is 2.44. The Labute approximate surface area is 119 Å². The highest BCUT2D eigenvalue weighted by Crippen LogP contribution is 2.22. The van der Waals surface area contributed by atoms with Crippen molar-refractivity contribution >= 4 is 17.5 Å². The lowest BCUT2D eigenvalue weighted by molar-refractivity contribution is -0.139. The van der Waals surface area contributed by atoms with Crippen LogP contribution in [0.1, 0.15) is 31.9 Å². The SMILES string of the molecule is CCN(Cc1ccccc1C#N)C(=O)C(C)(C)CCl.